The third-order valence-corrected chi connectivity index (χ3v) is 5.04. The summed E-state index contributed by atoms with van der Waals surface area (Å²) in [6.45, 7) is 4.09. The van der Waals surface area contributed by atoms with Gasteiger partial charge in [0.1, 0.15) is 5.65 Å². The van der Waals surface area contributed by atoms with Gasteiger partial charge in [0.25, 0.3) is 0 Å². The molecule has 0 aliphatic carbocycles. The van der Waals surface area contributed by atoms with E-state index in [1.165, 1.54) is 6.07 Å². The van der Waals surface area contributed by atoms with Gasteiger partial charge in [0.15, 0.2) is 5.43 Å². The molecule has 0 spiro atoms. The van der Waals surface area contributed by atoms with Gasteiger partial charge in [0, 0.05) is 35.1 Å². The van der Waals surface area contributed by atoms with Crippen LogP contribution >= 0.6 is 0 Å². The molecule has 0 bridgehead atoms. The SMILES string of the molecule is Cc1cc(C)c(-c2nc3[nH]ccc(=O)c3cc2-c2ccc3ncccc3c2)[nH]1. The Balaban J connectivity index is 1.86. The number of nitrogens with zero attached hydrogens (tertiary/aromatic N) is 2. The number of fused-ring (bicyclic) bond motifs is 2. The van der Waals surface area contributed by atoms with E-state index in [1.807, 2.05) is 37.3 Å². The van der Waals surface area contributed by atoms with Gasteiger partial charge >= 0.3 is 0 Å². The van der Waals surface area contributed by atoms with Crippen molar-refractivity contribution in [1.82, 2.24) is 19.9 Å². The monoisotopic (exact) mass is 366 g/mol. The van der Waals surface area contributed by atoms with E-state index < -0.39 is 0 Å². The molecule has 4 aromatic heterocycles. The number of aryl methyl sites for hydroxylation is 2. The van der Waals surface area contributed by atoms with Crippen molar-refractivity contribution in [3.05, 3.63) is 82.4 Å². The lowest BCUT2D eigenvalue weighted by molar-refractivity contribution is 1.22. The second kappa shape index (κ2) is 6.16. The molecule has 0 saturated heterocycles. The first kappa shape index (κ1) is 16.4. The first-order valence-corrected chi connectivity index (χ1v) is 9.14. The van der Waals surface area contributed by atoms with Gasteiger partial charge in [0.05, 0.1) is 22.3 Å². The Bertz CT molecular complexity index is 1410. The molecule has 0 aliphatic rings. The molecule has 28 heavy (non-hydrogen) atoms. The number of benzene rings is 1. The maximum Gasteiger partial charge on any atom is 0.191 e. The van der Waals surface area contributed by atoms with Crippen LogP contribution in [0.4, 0.5) is 0 Å². The number of aromatic nitrogens is 4. The van der Waals surface area contributed by atoms with E-state index in [0.29, 0.717) is 11.0 Å². The molecule has 0 unspecified atom stereocenters. The molecule has 0 saturated carbocycles. The maximum absolute atomic E-state index is 12.4. The number of hydrogen-bond acceptors (Lipinski definition) is 3. The zero-order valence-corrected chi connectivity index (χ0v) is 15.6. The highest BCUT2D eigenvalue weighted by molar-refractivity contribution is 5.93. The topological polar surface area (TPSA) is 74.4 Å². The van der Waals surface area contributed by atoms with Crippen molar-refractivity contribution in [1.29, 1.82) is 0 Å². The average Bonchev–Trinajstić information content (AvgIpc) is 3.05. The lowest BCUT2D eigenvalue weighted by Gasteiger charge is -2.12. The Morgan fingerprint density at radius 3 is 2.71 bits per heavy atom. The fraction of sp³-hybridized carbons (Fsp3) is 0.0870. The number of aromatic amines is 2. The third-order valence-electron chi connectivity index (χ3n) is 5.04. The van der Waals surface area contributed by atoms with Crippen LogP contribution < -0.4 is 5.43 Å². The summed E-state index contributed by atoms with van der Waals surface area (Å²) in [5.41, 5.74) is 7.37. The molecule has 5 aromatic rings. The smallest absolute Gasteiger partial charge is 0.191 e. The molecule has 0 amide bonds. The van der Waals surface area contributed by atoms with Crippen LogP contribution in [0.5, 0.6) is 0 Å². The zero-order valence-electron chi connectivity index (χ0n) is 15.6. The fourth-order valence-corrected chi connectivity index (χ4v) is 3.73. The summed E-state index contributed by atoms with van der Waals surface area (Å²) in [4.78, 5) is 28.2. The van der Waals surface area contributed by atoms with E-state index in [0.717, 1.165) is 44.7 Å². The highest BCUT2D eigenvalue weighted by Crippen LogP contribution is 2.34. The standard InChI is InChI=1S/C23H18N4O/c1-13-10-14(2)26-21(13)22-17(12-18-20(28)7-9-25-23(18)27-22)15-5-6-19-16(11-15)4-3-8-24-19/h3-12,26H,1-2H3,(H,25,27,28). The van der Waals surface area contributed by atoms with Crippen molar-refractivity contribution in [3.8, 4) is 22.5 Å². The van der Waals surface area contributed by atoms with Crippen molar-refractivity contribution in [2.24, 2.45) is 0 Å². The van der Waals surface area contributed by atoms with E-state index in [-0.39, 0.29) is 5.43 Å². The molecule has 5 nitrogen and oxygen atoms in total. The summed E-state index contributed by atoms with van der Waals surface area (Å²) in [6, 6.07) is 15.7. The Kier molecular flexibility index (Phi) is 3.62. The first-order chi connectivity index (χ1) is 13.6. The Hall–Kier alpha value is -3.73. The summed E-state index contributed by atoms with van der Waals surface area (Å²) in [5, 5.41) is 1.63. The molecule has 5 heteroatoms. The van der Waals surface area contributed by atoms with Crippen LogP contribution in [-0.2, 0) is 0 Å². The fourth-order valence-electron chi connectivity index (χ4n) is 3.73. The Morgan fingerprint density at radius 1 is 1.00 bits per heavy atom. The highest BCUT2D eigenvalue weighted by atomic mass is 16.1. The van der Waals surface area contributed by atoms with Crippen molar-refractivity contribution >= 4 is 21.9 Å². The molecule has 0 fully saturated rings. The quantitative estimate of drug-likeness (QED) is 0.473. The van der Waals surface area contributed by atoms with Crippen molar-refractivity contribution in [2.75, 3.05) is 0 Å². The van der Waals surface area contributed by atoms with Crippen LogP contribution in [0.3, 0.4) is 0 Å². The van der Waals surface area contributed by atoms with E-state index in [1.54, 1.807) is 12.4 Å². The molecule has 1 aromatic carbocycles. The van der Waals surface area contributed by atoms with Gasteiger partial charge in [-0.25, -0.2) is 4.98 Å². The number of hydrogen-bond donors (Lipinski definition) is 2. The second-order valence-electron chi connectivity index (χ2n) is 7.04. The number of H-pyrrole nitrogens is 2. The molecule has 0 radical (unpaired) electrons. The van der Waals surface area contributed by atoms with Crippen LogP contribution in [0.15, 0.2) is 65.7 Å². The second-order valence-corrected chi connectivity index (χ2v) is 7.04. The van der Waals surface area contributed by atoms with E-state index >= 15 is 0 Å². The van der Waals surface area contributed by atoms with E-state index in [9.17, 15) is 4.79 Å². The van der Waals surface area contributed by atoms with E-state index in [2.05, 4.69) is 34.0 Å². The van der Waals surface area contributed by atoms with Gasteiger partial charge in [-0.15, -0.1) is 0 Å². The molecule has 5 rings (SSSR count). The largest absolute Gasteiger partial charge is 0.357 e. The van der Waals surface area contributed by atoms with Gasteiger partial charge in [-0.2, -0.15) is 0 Å². The molecular formula is C23H18N4O. The minimum atomic E-state index is -0.0455. The van der Waals surface area contributed by atoms with Crippen molar-refractivity contribution < 1.29 is 0 Å². The van der Waals surface area contributed by atoms with Crippen molar-refractivity contribution in [2.45, 2.75) is 13.8 Å². The molecular weight excluding hydrogens is 348 g/mol. The zero-order chi connectivity index (χ0) is 19.3. The lowest BCUT2D eigenvalue weighted by Crippen LogP contribution is -2.04. The summed E-state index contributed by atoms with van der Waals surface area (Å²) in [6.07, 6.45) is 3.42. The van der Waals surface area contributed by atoms with Gasteiger partial charge < -0.3 is 9.97 Å². The van der Waals surface area contributed by atoms with Gasteiger partial charge in [-0.3, -0.25) is 9.78 Å². The molecule has 136 valence electrons. The normalized spacial score (nSPS) is 11.4. The number of pyridine rings is 3. The van der Waals surface area contributed by atoms with Crippen LogP contribution in [-0.4, -0.2) is 19.9 Å². The van der Waals surface area contributed by atoms with Gasteiger partial charge in [-0.1, -0.05) is 12.1 Å². The summed E-state index contributed by atoms with van der Waals surface area (Å²) in [7, 11) is 0. The van der Waals surface area contributed by atoms with Crippen LogP contribution in [0.1, 0.15) is 11.3 Å². The summed E-state index contributed by atoms with van der Waals surface area (Å²) < 4.78 is 0. The van der Waals surface area contributed by atoms with E-state index in [4.69, 9.17) is 4.98 Å². The summed E-state index contributed by atoms with van der Waals surface area (Å²) in [5.74, 6) is 0. The molecule has 0 aliphatic heterocycles. The van der Waals surface area contributed by atoms with Gasteiger partial charge in [0.2, 0.25) is 0 Å². The van der Waals surface area contributed by atoms with Gasteiger partial charge in [-0.05, 0) is 55.3 Å². The predicted molar refractivity (Wildman–Crippen MR) is 112 cm³/mol. The Labute approximate surface area is 161 Å². The predicted octanol–water partition coefficient (Wildman–Crippen LogP) is 4.75. The third kappa shape index (κ3) is 2.60. The highest BCUT2D eigenvalue weighted by Gasteiger charge is 2.16. The lowest BCUT2D eigenvalue weighted by atomic mass is 9.98. The Morgan fingerprint density at radius 2 is 1.89 bits per heavy atom. The molecule has 2 N–H and O–H groups in total. The first-order valence-electron chi connectivity index (χ1n) is 9.14. The van der Waals surface area contributed by atoms with Crippen LogP contribution in [0, 0.1) is 13.8 Å². The van der Waals surface area contributed by atoms with Crippen molar-refractivity contribution in [3.63, 3.8) is 0 Å². The number of rotatable bonds is 2. The minimum Gasteiger partial charge on any atom is -0.357 e. The van der Waals surface area contributed by atoms with Crippen LogP contribution in [0.25, 0.3) is 44.5 Å². The van der Waals surface area contributed by atoms with Crippen LogP contribution in [0.2, 0.25) is 0 Å². The molecule has 0 atom stereocenters. The summed E-state index contributed by atoms with van der Waals surface area (Å²) >= 11 is 0. The minimum absolute atomic E-state index is 0.0455. The maximum atomic E-state index is 12.4. The molecule has 4 heterocycles. The number of nitrogens with one attached hydrogen (secondary N) is 2. The average molecular weight is 366 g/mol.